The van der Waals surface area contributed by atoms with Crippen molar-refractivity contribution in [3.8, 4) is 11.4 Å². The third-order valence-electron chi connectivity index (χ3n) is 10.3. The van der Waals surface area contributed by atoms with Gasteiger partial charge in [0.05, 0.1) is 4.88 Å². The highest BCUT2D eigenvalue weighted by molar-refractivity contribution is 7.14. The molecule has 48 heavy (non-hydrogen) atoms. The summed E-state index contributed by atoms with van der Waals surface area (Å²) in [4.78, 5) is 37.7. The summed E-state index contributed by atoms with van der Waals surface area (Å²) in [5, 5.41) is 6.02. The zero-order chi connectivity index (χ0) is 34.3. The Morgan fingerprint density at radius 2 is 1.62 bits per heavy atom. The molecule has 0 bridgehead atoms. The molecular formula is C41H56N4O2S. The smallest absolute Gasteiger partial charge is 0.262 e. The number of thiophene rings is 1. The first-order chi connectivity index (χ1) is 23.0. The monoisotopic (exact) mass is 668 g/mol. The molecular weight excluding hydrogens is 613 g/mol. The second kappa shape index (κ2) is 16.4. The summed E-state index contributed by atoms with van der Waals surface area (Å²) in [5.74, 6) is 3.32. The van der Waals surface area contributed by atoms with Gasteiger partial charge in [-0.2, -0.15) is 0 Å². The number of nitrogens with zero attached hydrogens (tertiary/aromatic N) is 2. The van der Waals surface area contributed by atoms with Crippen molar-refractivity contribution in [2.75, 3.05) is 6.54 Å². The minimum absolute atomic E-state index is 0.0353. The second-order valence-corrected chi connectivity index (χ2v) is 16.7. The summed E-state index contributed by atoms with van der Waals surface area (Å²) >= 11 is 1.48. The third kappa shape index (κ3) is 9.64. The molecule has 6 nitrogen and oxygen atoms in total. The van der Waals surface area contributed by atoms with Gasteiger partial charge in [-0.25, -0.2) is 9.97 Å². The van der Waals surface area contributed by atoms with Crippen LogP contribution in [0.2, 0.25) is 0 Å². The van der Waals surface area contributed by atoms with Gasteiger partial charge in [0, 0.05) is 41.4 Å². The van der Waals surface area contributed by atoms with Crippen molar-refractivity contribution in [3.63, 3.8) is 0 Å². The molecule has 2 heterocycles. The Bertz CT molecular complexity index is 1530. The Kier molecular flexibility index (Phi) is 12.3. The van der Waals surface area contributed by atoms with E-state index >= 15 is 0 Å². The van der Waals surface area contributed by atoms with Crippen LogP contribution in [0.25, 0.3) is 17.0 Å². The zero-order valence-corrected chi connectivity index (χ0v) is 30.8. The van der Waals surface area contributed by atoms with E-state index in [1.807, 2.05) is 48.8 Å². The number of hydrogen-bond acceptors (Lipinski definition) is 5. The number of nitrogens with one attached hydrogen (secondary N) is 2. The molecule has 7 heteroatoms. The highest BCUT2D eigenvalue weighted by Crippen LogP contribution is 2.42. The van der Waals surface area contributed by atoms with E-state index in [2.05, 4.69) is 58.3 Å². The van der Waals surface area contributed by atoms with Crippen molar-refractivity contribution >= 4 is 28.7 Å². The van der Waals surface area contributed by atoms with Crippen LogP contribution in [0.15, 0.2) is 54.9 Å². The highest BCUT2D eigenvalue weighted by atomic mass is 32.1. The average Bonchev–Trinajstić information content (AvgIpc) is 3.60. The summed E-state index contributed by atoms with van der Waals surface area (Å²) in [6, 6.07) is 11.2. The van der Waals surface area contributed by atoms with Crippen LogP contribution in [-0.4, -0.2) is 34.4 Å². The SMILES string of the molecule is CCCC1CCC(C2CC=C(c3cnc(-c4ccc(CC(NC(=O)c5ccc(C(C)(C)C)s5)C(=O)NCC(C)C)cc4)nc3)CC2)CC1. The van der Waals surface area contributed by atoms with Crippen LogP contribution >= 0.6 is 11.3 Å². The first-order valence-corrected chi connectivity index (χ1v) is 19.1. The van der Waals surface area contributed by atoms with Crippen LogP contribution in [-0.2, 0) is 16.6 Å². The summed E-state index contributed by atoms with van der Waals surface area (Å²) in [5.41, 5.74) is 4.37. The molecule has 0 saturated heterocycles. The molecule has 2 aliphatic carbocycles. The summed E-state index contributed by atoms with van der Waals surface area (Å²) in [6.45, 7) is 13.4. The number of hydrogen-bond donors (Lipinski definition) is 2. The number of allylic oxidation sites excluding steroid dienone is 2. The lowest BCUT2D eigenvalue weighted by molar-refractivity contribution is -0.123. The van der Waals surface area contributed by atoms with Crippen molar-refractivity contribution in [1.29, 1.82) is 0 Å². The molecule has 5 rings (SSSR count). The van der Waals surface area contributed by atoms with Gasteiger partial charge in [0.15, 0.2) is 5.82 Å². The Labute approximate surface area is 292 Å². The third-order valence-corrected chi connectivity index (χ3v) is 11.8. The van der Waals surface area contributed by atoms with Crippen LogP contribution < -0.4 is 10.6 Å². The molecule has 2 aliphatic rings. The molecule has 0 aliphatic heterocycles. The van der Waals surface area contributed by atoms with Gasteiger partial charge in [0.1, 0.15) is 6.04 Å². The molecule has 3 aromatic rings. The van der Waals surface area contributed by atoms with Gasteiger partial charge in [0.25, 0.3) is 5.91 Å². The van der Waals surface area contributed by atoms with E-state index in [1.165, 1.54) is 68.3 Å². The van der Waals surface area contributed by atoms with E-state index in [0.29, 0.717) is 29.6 Å². The molecule has 2 N–H and O–H groups in total. The van der Waals surface area contributed by atoms with Crippen molar-refractivity contribution in [2.24, 2.45) is 23.7 Å². The lowest BCUT2D eigenvalue weighted by atomic mass is 9.70. The standard InChI is InChI=1S/C41H56N4O2S/c1-7-8-28-9-13-30(14-10-28)31-17-19-32(20-18-31)34-25-42-38(43-26-34)33-15-11-29(12-16-33)23-35(39(46)44-24-27(2)3)45-40(47)36-21-22-37(48-36)41(4,5)6/h11-12,15-16,19,21-22,25-28,30-31,35H,7-10,13-14,17-18,20,23-24H2,1-6H3,(H,44,46)(H,45,47). The van der Waals surface area contributed by atoms with Gasteiger partial charge < -0.3 is 10.6 Å². The van der Waals surface area contributed by atoms with E-state index in [4.69, 9.17) is 9.97 Å². The van der Waals surface area contributed by atoms with Crippen molar-refractivity contribution < 1.29 is 9.59 Å². The van der Waals surface area contributed by atoms with Crippen LogP contribution in [0.4, 0.5) is 0 Å². The van der Waals surface area contributed by atoms with Crippen molar-refractivity contribution in [1.82, 2.24) is 20.6 Å². The summed E-state index contributed by atoms with van der Waals surface area (Å²) in [6.07, 6.45) is 18.8. The molecule has 1 fully saturated rings. The molecule has 1 aromatic carbocycles. The lowest BCUT2D eigenvalue weighted by Crippen LogP contribution is -2.48. The van der Waals surface area contributed by atoms with Crippen LogP contribution in [0.1, 0.15) is 125 Å². The van der Waals surface area contributed by atoms with E-state index in [1.54, 1.807) is 0 Å². The quantitative estimate of drug-likeness (QED) is 0.201. The molecule has 2 amide bonds. The van der Waals surface area contributed by atoms with Crippen LogP contribution in [0.3, 0.4) is 0 Å². The van der Waals surface area contributed by atoms with Gasteiger partial charge in [-0.1, -0.05) is 97.6 Å². The van der Waals surface area contributed by atoms with Gasteiger partial charge in [-0.15, -0.1) is 11.3 Å². The first-order valence-electron chi connectivity index (χ1n) is 18.3. The number of carbonyl (C=O) groups is 2. The molecule has 0 radical (unpaired) electrons. The molecule has 2 aromatic heterocycles. The van der Waals surface area contributed by atoms with E-state index in [0.717, 1.165) is 45.7 Å². The Morgan fingerprint density at radius 1 is 0.917 bits per heavy atom. The number of aromatic nitrogens is 2. The van der Waals surface area contributed by atoms with E-state index in [-0.39, 0.29) is 17.2 Å². The second-order valence-electron chi connectivity index (χ2n) is 15.6. The fraction of sp³-hybridized carbons (Fsp3) is 0.561. The van der Waals surface area contributed by atoms with Gasteiger partial charge in [-0.05, 0) is 84.5 Å². The predicted octanol–water partition coefficient (Wildman–Crippen LogP) is 9.41. The van der Waals surface area contributed by atoms with E-state index in [9.17, 15) is 9.59 Å². The molecule has 258 valence electrons. The fourth-order valence-corrected chi connectivity index (χ4v) is 8.27. The Hall–Kier alpha value is -3.32. The van der Waals surface area contributed by atoms with Crippen LogP contribution in [0, 0.1) is 23.7 Å². The molecule has 2 atom stereocenters. The van der Waals surface area contributed by atoms with Crippen molar-refractivity contribution in [3.05, 3.63) is 75.7 Å². The van der Waals surface area contributed by atoms with Gasteiger partial charge in [0.2, 0.25) is 5.91 Å². The maximum absolute atomic E-state index is 13.2. The van der Waals surface area contributed by atoms with E-state index < -0.39 is 6.04 Å². The highest BCUT2D eigenvalue weighted by Gasteiger charge is 2.29. The minimum atomic E-state index is -0.683. The largest absolute Gasteiger partial charge is 0.354 e. The van der Waals surface area contributed by atoms with Crippen LogP contribution in [0.5, 0.6) is 0 Å². The summed E-state index contributed by atoms with van der Waals surface area (Å²) in [7, 11) is 0. The van der Waals surface area contributed by atoms with Gasteiger partial charge >= 0.3 is 0 Å². The molecule has 0 spiro atoms. The topological polar surface area (TPSA) is 84.0 Å². The minimum Gasteiger partial charge on any atom is -0.354 e. The first kappa shape index (κ1) is 36.0. The Morgan fingerprint density at radius 3 is 2.21 bits per heavy atom. The fourth-order valence-electron chi connectivity index (χ4n) is 7.30. The van der Waals surface area contributed by atoms with Crippen molar-refractivity contribution in [2.45, 2.75) is 117 Å². The van der Waals surface area contributed by atoms with Gasteiger partial charge in [-0.3, -0.25) is 9.59 Å². The number of benzene rings is 1. The molecule has 2 unspecified atom stereocenters. The molecule has 1 saturated carbocycles. The maximum Gasteiger partial charge on any atom is 0.262 e. The number of rotatable bonds is 12. The average molecular weight is 669 g/mol. The zero-order valence-electron chi connectivity index (χ0n) is 30.0. The normalized spacial score (nSPS) is 20.6. The number of amides is 2. The maximum atomic E-state index is 13.2. The predicted molar refractivity (Wildman–Crippen MR) is 199 cm³/mol. The summed E-state index contributed by atoms with van der Waals surface area (Å²) < 4.78 is 0. The Balaban J connectivity index is 1.19. The number of carbonyl (C=O) groups excluding carboxylic acids is 2. The lowest BCUT2D eigenvalue weighted by Gasteiger charge is -2.35.